The minimum Gasteiger partial charge on any atom is -0.373 e. The summed E-state index contributed by atoms with van der Waals surface area (Å²) in [6.07, 6.45) is 0.531. The molecule has 1 heterocycles. The summed E-state index contributed by atoms with van der Waals surface area (Å²) in [6, 6.07) is 18.3. The molecule has 2 aromatic rings. The van der Waals surface area contributed by atoms with E-state index in [2.05, 4.69) is 62.2 Å². The van der Waals surface area contributed by atoms with Gasteiger partial charge in [-0.05, 0) is 37.1 Å². The van der Waals surface area contributed by atoms with Gasteiger partial charge in [-0.25, -0.2) is 0 Å². The summed E-state index contributed by atoms with van der Waals surface area (Å²) in [7, 11) is 0. The lowest BCUT2D eigenvalue weighted by molar-refractivity contribution is -0.0704. The van der Waals surface area contributed by atoms with E-state index in [-0.39, 0.29) is 23.5 Å². The monoisotopic (exact) mass is 380 g/mol. The van der Waals surface area contributed by atoms with Crippen molar-refractivity contribution in [1.29, 1.82) is 0 Å². The van der Waals surface area contributed by atoms with E-state index in [0.29, 0.717) is 12.1 Å². The quantitative estimate of drug-likeness (QED) is 0.823. The Morgan fingerprint density at radius 2 is 1.64 bits per heavy atom. The molecule has 0 radical (unpaired) electrons. The van der Waals surface area contributed by atoms with E-state index in [1.165, 1.54) is 11.1 Å². The Labute approximate surface area is 168 Å². The van der Waals surface area contributed by atoms with E-state index in [9.17, 15) is 4.79 Å². The van der Waals surface area contributed by atoms with Crippen molar-refractivity contribution < 1.29 is 9.53 Å². The predicted octanol–water partition coefficient (Wildman–Crippen LogP) is 4.00. The smallest absolute Gasteiger partial charge is 0.251 e. The van der Waals surface area contributed by atoms with Crippen molar-refractivity contribution in [2.45, 2.75) is 51.9 Å². The fourth-order valence-electron chi connectivity index (χ4n) is 3.83. The summed E-state index contributed by atoms with van der Waals surface area (Å²) in [5.74, 6) is -0.0239. The third kappa shape index (κ3) is 5.43. The lowest BCUT2D eigenvalue weighted by Crippen LogP contribution is -2.44. The van der Waals surface area contributed by atoms with Crippen LogP contribution in [0.3, 0.4) is 0 Å². The molecule has 150 valence electrons. The van der Waals surface area contributed by atoms with Gasteiger partial charge in [0, 0.05) is 37.2 Å². The first-order chi connectivity index (χ1) is 13.3. The summed E-state index contributed by atoms with van der Waals surface area (Å²) in [5.41, 5.74) is 3.04. The maximum Gasteiger partial charge on any atom is 0.251 e. The van der Waals surface area contributed by atoms with Gasteiger partial charge in [0.1, 0.15) is 0 Å². The molecular formula is C24H32N2O2. The fraction of sp³-hybridized carbons (Fsp3) is 0.458. The van der Waals surface area contributed by atoms with Crippen LogP contribution in [-0.4, -0.2) is 42.6 Å². The van der Waals surface area contributed by atoms with E-state index >= 15 is 0 Å². The Morgan fingerprint density at radius 1 is 1.04 bits per heavy atom. The summed E-state index contributed by atoms with van der Waals surface area (Å²) < 4.78 is 5.80. The van der Waals surface area contributed by atoms with Crippen molar-refractivity contribution in [2.24, 2.45) is 0 Å². The van der Waals surface area contributed by atoms with E-state index in [1.807, 2.05) is 30.3 Å². The van der Waals surface area contributed by atoms with Crippen LogP contribution in [0.2, 0.25) is 0 Å². The Bertz CT molecular complexity index is 761. The first kappa shape index (κ1) is 20.6. The molecule has 0 spiro atoms. The van der Waals surface area contributed by atoms with Crippen molar-refractivity contribution in [2.75, 3.05) is 19.6 Å². The van der Waals surface area contributed by atoms with Crippen LogP contribution < -0.4 is 5.32 Å². The van der Waals surface area contributed by atoms with Gasteiger partial charge in [-0.1, -0.05) is 56.3 Å². The van der Waals surface area contributed by atoms with Gasteiger partial charge in [0.25, 0.3) is 5.91 Å². The molecule has 28 heavy (non-hydrogen) atoms. The maximum atomic E-state index is 12.6. The zero-order valence-electron chi connectivity index (χ0n) is 17.4. The average molecular weight is 381 g/mol. The van der Waals surface area contributed by atoms with Crippen LogP contribution in [0.5, 0.6) is 0 Å². The molecule has 0 bridgehead atoms. The van der Waals surface area contributed by atoms with Crippen LogP contribution in [0, 0.1) is 0 Å². The minimum absolute atomic E-state index is 0.0239. The summed E-state index contributed by atoms with van der Waals surface area (Å²) in [6.45, 7) is 11.9. The SMILES string of the molecule is CC1CN(Cc2ccc(C(=O)NCC(C)(C)c3ccccc3)cc2)CC(C)O1. The van der Waals surface area contributed by atoms with Crippen LogP contribution in [0.1, 0.15) is 49.2 Å². The molecular weight excluding hydrogens is 348 g/mol. The van der Waals surface area contributed by atoms with Crippen molar-refractivity contribution in [3.05, 3.63) is 71.3 Å². The summed E-state index contributed by atoms with van der Waals surface area (Å²) in [4.78, 5) is 15.0. The predicted molar refractivity (Wildman–Crippen MR) is 114 cm³/mol. The first-order valence-corrected chi connectivity index (χ1v) is 10.1. The standard InChI is InChI=1S/C24H32N2O2/c1-18-14-26(15-19(2)28-18)16-20-10-12-21(13-11-20)23(27)25-17-24(3,4)22-8-6-5-7-9-22/h5-13,18-19H,14-17H2,1-4H3,(H,25,27). The average Bonchev–Trinajstić information content (AvgIpc) is 2.67. The number of amides is 1. The van der Waals surface area contributed by atoms with Gasteiger partial charge in [-0.2, -0.15) is 0 Å². The number of nitrogens with zero attached hydrogens (tertiary/aromatic N) is 1. The van der Waals surface area contributed by atoms with Gasteiger partial charge in [0.15, 0.2) is 0 Å². The number of ether oxygens (including phenoxy) is 1. The molecule has 4 nitrogen and oxygen atoms in total. The number of carbonyl (C=O) groups excluding carboxylic acids is 1. The van der Waals surface area contributed by atoms with Gasteiger partial charge in [0.2, 0.25) is 0 Å². The third-order valence-electron chi connectivity index (χ3n) is 5.36. The van der Waals surface area contributed by atoms with Crippen LogP contribution >= 0.6 is 0 Å². The number of morpholine rings is 1. The van der Waals surface area contributed by atoms with Crippen LogP contribution in [0.25, 0.3) is 0 Å². The Kier molecular flexibility index (Phi) is 6.53. The first-order valence-electron chi connectivity index (χ1n) is 10.1. The lowest BCUT2D eigenvalue weighted by Gasteiger charge is -2.35. The van der Waals surface area contributed by atoms with E-state index in [4.69, 9.17) is 4.74 Å². The normalized spacial score (nSPS) is 20.7. The van der Waals surface area contributed by atoms with Crippen molar-refractivity contribution in [3.8, 4) is 0 Å². The molecule has 0 aromatic heterocycles. The summed E-state index contributed by atoms with van der Waals surface area (Å²) >= 11 is 0. The summed E-state index contributed by atoms with van der Waals surface area (Å²) in [5, 5.41) is 3.08. The molecule has 0 saturated carbocycles. The van der Waals surface area contributed by atoms with Crippen molar-refractivity contribution >= 4 is 5.91 Å². The third-order valence-corrected chi connectivity index (χ3v) is 5.36. The number of rotatable bonds is 6. The number of benzene rings is 2. The second kappa shape index (κ2) is 8.89. The van der Waals surface area contributed by atoms with Crippen molar-refractivity contribution in [1.82, 2.24) is 10.2 Å². The van der Waals surface area contributed by atoms with Gasteiger partial charge < -0.3 is 10.1 Å². The molecule has 1 amide bonds. The number of nitrogens with one attached hydrogen (secondary N) is 1. The van der Waals surface area contributed by atoms with E-state index in [1.54, 1.807) is 0 Å². The maximum absolute atomic E-state index is 12.6. The number of carbonyl (C=O) groups is 1. The molecule has 1 N–H and O–H groups in total. The molecule has 2 aromatic carbocycles. The fourth-order valence-corrected chi connectivity index (χ4v) is 3.83. The highest BCUT2D eigenvalue weighted by molar-refractivity contribution is 5.94. The van der Waals surface area contributed by atoms with Crippen molar-refractivity contribution in [3.63, 3.8) is 0 Å². The van der Waals surface area contributed by atoms with Gasteiger partial charge in [-0.3, -0.25) is 9.69 Å². The second-order valence-corrected chi connectivity index (χ2v) is 8.58. The van der Waals surface area contributed by atoms with Gasteiger partial charge in [0.05, 0.1) is 12.2 Å². The Morgan fingerprint density at radius 3 is 2.25 bits per heavy atom. The molecule has 2 atom stereocenters. The molecule has 2 unspecified atom stereocenters. The molecule has 3 rings (SSSR count). The topological polar surface area (TPSA) is 41.6 Å². The highest BCUT2D eigenvalue weighted by Gasteiger charge is 2.23. The zero-order valence-corrected chi connectivity index (χ0v) is 17.4. The van der Waals surface area contributed by atoms with Gasteiger partial charge in [-0.15, -0.1) is 0 Å². The zero-order chi connectivity index (χ0) is 20.1. The largest absolute Gasteiger partial charge is 0.373 e. The minimum atomic E-state index is -0.111. The molecule has 4 heteroatoms. The van der Waals surface area contributed by atoms with E-state index < -0.39 is 0 Å². The van der Waals surface area contributed by atoms with Crippen LogP contribution in [0.15, 0.2) is 54.6 Å². The van der Waals surface area contributed by atoms with E-state index in [0.717, 1.165) is 19.6 Å². The highest BCUT2D eigenvalue weighted by Crippen LogP contribution is 2.22. The lowest BCUT2D eigenvalue weighted by atomic mass is 9.84. The molecule has 1 aliphatic rings. The molecule has 0 aliphatic carbocycles. The van der Waals surface area contributed by atoms with Gasteiger partial charge >= 0.3 is 0 Å². The number of hydrogen-bond acceptors (Lipinski definition) is 3. The second-order valence-electron chi connectivity index (χ2n) is 8.58. The Balaban J connectivity index is 1.55. The molecule has 1 aliphatic heterocycles. The van der Waals surface area contributed by atoms with Crippen LogP contribution in [-0.2, 0) is 16.7 Å². The molecule has 1 fully saturated rings. The highest BCUT2D eigenvalue weighted by atomic mass is 16.5. The van der Waals surface area contributed by atoms with Crippen LogP contribution in [0.4, 0.5) is 0 Å². The molecule has 1 saturated heterocycles. The Hall–Kier alpha value is -2.17. The number of hydrogen-bond donors (Lipinski definition) is 1.